The monoisotopic (exact) mass is 348 g/mol. The van der Waals surface area contributed by atoms with E-state index in [1.807, 2.05) is 18.2 Å². The van der Waals surface area contributed by atoms with Crippen molar-refractivity contribution in [3.63, 3.8) is 0 Å². The lowest BCUT2D eigenvalue weighted by molar-refractivity contribution is -0.121. The van der Waals surface area contributed by atoms with Gasteiger partial charge in [-0.15, -0.1) is 0 Å². The minimum Gasteiger partial charge on any atom is -0.395 e. The average Bonchev–Trinajstić information content (AvgIpc) is 2.61. The summed E-state index contributed by atoms with van der Waals surface area (Å²) in [6.45, 7) is -0.337. The molecule has 0 spiro atoms. The van der Waals surface area contributed by atoms with Gasteiger partial charge in [0.15, 0.2) is 0 Å². The van der Waals surface area contributed by atoms with Crippen molar-refractivity contribution >= 4 is 15.9 Å². The largest absolute Gasteiger partial charge is 0.395 e. The van der Waals surface area contributed by atoms with Gasteiger partial charge in [-0.3, -0.25) is 4.79 Å². The lowest BCUT2D eigenvalue weighted by Crippen LogP contribution is -2.41. The summed E-state index contributed by atoms with van der Waals surface area (Å²) < 4.78 is 26.8. The highest BCUT2D eigenvalue weighted by atomic mass is 32.2. The number of carbonyl (C=O) groups is 1. The number of rotatable bonds is 8. The van der Waals surface area contributed by atoms with Gasteiger partial charge in [0.25, 0.3) is 0 Å². The number of hydrogen-bond donors (Lipinski definition) is 2. The van der Waals surface area contributed by atoms with E-state index >= 15 is 0 Å². The highest BCUT2D eigenvalue weighted by molar-refractivity contribution is 7.89. The van der Waals surface area contributed by atoms with Gasteiger partial charge >= 0.3 is 0 Å². The predicted octanol–water partition coefficient (Wildman–Crippen LogP) is 0.986. The first kappa shape index (κ1) is 18.1. The Labute approximate surface area is 141 Å². The molecule has 2 aromatic rings. The van der Waals surface area contributed by atoms with Crippen molar-refractivity contribution in [2.24, 2.45) is 0 Å². The van der Waals surface area contributed by atoms with Crippen LogP contribution in [0.2, 0.25) is 0 Å². The molecule has 2 aromatic carbocycles. The fourth-order valence-corrected chi connectivity index (χ4v) is 3.57. The molecule has 0 saturated heterocycles. The Morgan fingerprint density at radius 1 is 1.00 bits per heavy atom. The van der Waals surface area contributed by atoms with Crippen molar-refractivity contribution in [3.8, 4) is 0 Å². The van der Waals surface area contributed by atoms with E-state index in [9.17, 15) is 13.2 Å². The van der Waals surface area contributed by atoms with Crippen molar-refractivity contribution in [2.75, 3.05) is 19.7 Å². The zero-order valence-corrected chi connectivity index (χ0v) is 13.9. The number of carbonyl (C=O) groups excluding carboxylic acids is 1. The number of benzene rings is 2. The topological polar surface area (TPSA) is 86.7 Å². The van der Waals surface area contributed by atoms with Crippen LogP contribution in [-0.2, 0) is 21.4 Å². The van der Waals surface area contributed by atoms with Gasteiger partial charge in [-0.05, 0) is 17.7 Å². The summed E-state index contributed by atoms with van der Waals surface area (Å²) in [6, 6.07) is 17.1. The number of nitrogens with one attached hydrogen (secondary N) is 1. The molecule has 0 saturated carbocycles. The number of amides is 1. The molecule has 0 aliphatic carbocycles. The fraction of sp³-hybridized carbons (Fsp3) is 0.235. The molecule has 7 heteroatoms. The number of nitrogens with zero attached hydrogens (tertiary/aromatic N) is 1. The molecule has 0 bridgehead atoms. The van der Waals surface area contributed by atoms with Crippen LogP contribution in [0.3, 0.4) is 0 Å². The molecule has 24 heavy (non-hydrogen) atoms. The van der Waals surface area contributed by atoms with E-state index < -0.39 is 15.9 Å². The normalized spacial score (nSPS) is 11.4. The third kappa shape index (κ3) is 4.89. The molecule has 0 aliphatic heterocycles. The molecule has 2 N–H and O–H groups in total. The third-order valence-corrected chi connectivity index (χ3v) is 5.14. The predicted molar refractivity (Wildman–Crippen MR) is 90.6 cm³/mol. The molecule has 2 rings (SSSR count). The zero-order chi connectivity index (χ0) is 17.4. The van der Waals surface area contributed by atoms with Crippen LogP contribution >= 0.6 is 0 Å². The first-order valence-corrected chi connectivity index (χ1v) is 8.94. The van der Waals surface area contributed by atoms with E-state index in [0.717, 1.165) is 9.87 Å². The molecule has 0 atom stereocenters. The summed E-state index contributed by atoms with van der Waals surface area (Å²) in [5.41, 5.74) is 0.784. The van der Waals surface area contributed by atoms with Crippen LogP contribution in [0.1, 0.15) is 5.56 Å². The average molecular weight is 348 g/mol. The maximum atomic E-state index is 12.8. The molecule has 0 unspecified atom stereocenters. The summed E-state index contributed by atoms with van der Waals surface area (Å²) in [6.07, 6.45) is 0. The first-order valence-electron chi connectivity index (χ1n) is 7.50. The highest BCUT2D eigenvalue weighted by Gasteiger charge is 2.26. The number of aliphatic hydroxyl groups excluding tert-OH is 1. The number of hydrogen-bond acceptors (Lipinski definition) is 4. The van der Waals surface area contributed by atoms with E-state index in [2.05, 4.69) is 5.32 Å². The van der Waals surface area contributed by atoms with Crippen LogP contribution in [-0.4, -0.2) is 43.4 Å². The van der Waals surface area contributed by atoms with E-state index in [4.69, 9.17) is 5.11 Å². The van der Waals surface area contributed by atoms with Crippen molar-refractivity contribution in [1.29, 1.82) is 0 Å². The Hall–Kier alpha value is -2.22. The van der Waals surface area contributed by atoms with Gasteiger partial charge < -0.3 is 10.4 Å². The molecular formula is C17H20N2O4S. The Morgan fingerprint density at radius 3 is 2.17 bits per heavy atom. The Morgan fingerprint density at radius 2 is 1.58 bits per heavy atom. The maximum absolute atomic E-state index is 12.8. The standard InChI is InChI=1S/C17H20N2O4S/c20-12-11-18-17(21)14-19(13-15-7-3-1-4-8-15)24(22,23)16-9-5-2-6-10-16/h1-10,20H,11-14H2,(H,18,21). The summed E-state index contributed by atoms with van der Waals surface area (Å²) in [5, 5.41) is 11.3. The van der Waals surface area contributed by atoms with Gasteiger partial charge in [-0.2, -0.15) is 4.31 Å². The third-order valence-electron chi connectivity index (χ3n) is 3.34. The van der Waals surface area contributed by atoms with E-state index in [-0.39, 0.29) is 31.1 Å². The molecule has 0 heterocycles. The Kier molecular flexibility index (Phi) is 6.48. The Bertz CT molecular complexity index is 749. The SMILES string of the molecule is O=C(CN(Cc1ccccc1)S(=O)(=O)c1ccccc1)NCCO. The van der Waals surface area contributed by atoms with Crippen LogP contribution in [0.5, 0.6) is 0 Å². The zero-order valence-electron chi connectivity index (χ0n) is 13.1. The highest BCUT2D eigenvalue weighted by Crippen LogP contribution is 2.17. The molecule has 0 aliphatic rings. The van der Waals surface area contributed by atoms with Crippen LogP contribution < -0.4 is 5.32 Å². The van der Waals surface area contributed by atoms with Gasteiger partial charge in [0, 0.05) is 13.1 Å². The van der Waals surface area contributed by atoms with Gasteiger partial charge in [-0.1, -0.05) is 48.5 Å². The summed E-state index contributed by atoms with van der Waals surface area (Å²) in [5.74, 6) is -0.459. The van der Waals surface area contributed by atoms with E-state index in [0.29, 0.717) is 0 Å². The molecular weight excluding hydrogens is 328 g/mol. The number of sulfonamides is 1. The van der Waals surface area contributed by atoms with E-state index in [1.165, 1.54) is 12.1 Å². The van der Waals surface area contributed by atoms with Gasteiger partial charge in [0.1, 0.15) is 0 Å². The molecule has 0 fully saturated rings. The van der Waals surface area contributed by atoms with Crippen molar-refractivity contribution in [3.05, 3.63) is 66.2 Å². The summed E-state index contributed by atoms with van der Waals surface area (Å²) >= 11 is 0. The van der Waals surface area contributed by atoms with Crippen LogP contribution in [0.25, 0.3) is 0 Å². The van der Waals surface area contributed by atoms with Crippen molar-refractivity contribution in [1.82, 2.24) is 9.62 Å². The summed E-state index contributed by atoms with van der Waals surface area (Å²) in [7, 11) is -3.81. The fourth-order valence-electron chi connectivity index (χ4n) is 2.17. The van der Waals surface area contributed by atoms with Crippen molar-refractivity contribution in [2.45, 2.75) is 11.4 Å². The van der Waals surface area contributed by atoms with Gasteiger partial charge in [-0.25, -0.2) is 8.42 Å². The second kappa shape index (κ2) is 8.58. The smallest absolute Gasteiger partial charge is 0.243 e. The maximum Gasteiger partial charge on any atom is 0.243 e. The molecule has 0 radical (unpaired) electrons. The lowest BCUT2D eigenvalue weighted by atomic mass is 10.2. The molecule has 0 aromatic heterocycles. The second-order valence-electron chi connectivity index (χ2n) is 5.15. The van der Waals surface area contributed by atoms with Crippen LogP contribution in [0, 0.1) is 0 Å². The van der Waals surface area contributed by atoms with Gasteiger partial charge in [0.2, 0.25) is 15.9 Å². The van der Waals surface area contributed by atoms with E-state index in [1.54, 1.807) is 30.3 Å². The van der Waals surface area contributed by atoms with Crippen LogP contribution in [0.4, 0.5) is 0 Å². The first-order chi connectivity index (χ1) is 11.5. The minimum absolute atomic E-state index is 0.0867. The second-order valence-corrected chi connectivity index (χ2v) is 7.08. The molecule has 6 nitrogen and oxygen atoms in total. The lowest BCUT2D eigenvalue weighted by Gasteiger charge is -2.22. The Balaban J connectivity index is 2.26. The summed E-state index contributed by atoms with van der Waals surface area (Å²) in [4.78, 5) is 12.1. The van der Waals surface area contributed by atoms with Gasteiger partial charge in [0.05, 0.1) is 18.0 Å². The quantitative estimate of drug-likeness (QED) is 0.745. The molecule has 128 valence electrons. The van der Waals surface area contributed by atoms with Crippen LogP contribution in [0.15, 0.2) is 65.6 Å². The molecule has 1 amide bonds. The number of aliphatic hydroxyl groups is 1. The minimum atomic E-state index is -3.81. The van der Waals surface area contributed by atoms with Crippen molar-refractivity contribution < 1.29 is 18.3 Å².